The number of benzene rings is 2. The number of hydrogen-bond acceptors (Lipinski definition) is 3. The number of hydrogen-bond donors (Lipinski definition) is 0. The van der Waals surface area contributed by atoms with Crippen molar-refractivity contribution >= 4 is 23.5 Å². The maximum Gasteiger partial charge on any atom is 0.0639 e. The molecule has 2 aliphatic rings. The Morgan fingerprint density at radius 2 is 1.41 bits per heavy atom. The average molecular weight is 391 g/mol. The number of nitrogens with zero attached hydrogens (tertiary/aromatic N) is 2. The Morgan fingerprint density at radius 1 is 0.862 bits per heavy atom. The van der Waals surface area contributed by atoms with Gasteiger partial charge in [-0.3, -0.25) is 4.90 Å². The molecule has 2 aromatic rings. The molecule has 3 nitrogen and oxygen atoms in total. The third kappa shape index (κ3) is 4.91. The molecule has 2 aromatic carbocycles. The van der Waals surface area contributed by atoms with E-state index >= 15 is 0 Å². The predicted molar refractivity (Wildman–Crippen MR) is 124 cm³/mol. The molecule has 0 radical (unpaired) electrons. The summed E-state index contributed by atoms with van der Waals surface area (Å²) in [6.07, 6.45) is 7.08. The first-order chi connectivity index (χ1) is 14.0. The molecule has 154 valence electrons. The fraction of sp³-hybridized carbons (Fsp3) is 0.462. The van der Waals surface area contributed by atoms with Crippen LogP contribution in [0.3, 0.4) is 0 Å². The van der Waals surface area contributed by atoms with Crippen LogP contribution in [0.4, 0.5) is 11.4 Å². The quantitative estimate of drug-likeness (QED) is 0.617. The van der Waals surface area contributed by atoms with Crippen LogP contribution in [0.2, 0.25) is 0 Å². The molecule has 2 heterocycles. The van der Waals surface area contributed by atoms with Crippen LogP contribution in [-0.4, -0.2) is 43.8 Å². The molecule has 2 aliphatic heterocycles. The van der Waals surface area contributed by atoms with Gasteiger partial charge in [-0.1, -0.05) is 69.3 Å². The number of ether oxygens (including phenoxy) is 1. The van der Waals surface area contributed by atoms with Crippen LogP contribution >= 0.6 is 0 Å². The largest absolute Gasteiger partial charge is 0.379 e. The molecular formula is C26H34N2O. The van der Waals surface area contributed by atoms with E-state index < -0.39 is 0 Å². The zero-order valence-corrected chi connectivity index (χ0v) is 18.1. The number of likely N-dealkylation sites (tertiary alicyclic amines) is 1. The second-order valence-electron chi connectivity index (χ2n) is 9.53. The predicted octanol–water partition coefficient (Wildman–Crippen LogP) is 5.84. The van der Waals surface area contributed by atoms with Gasteiger partial charge in [0.05, 0.1) is 19.3 Å². The smallest absolute Gasteiger partial charge is 0.0639 e. The molecule has 0 saturated carbocycles. The second kappa shape index (κ2) is 8.73. The summed E-state index contributed by atoms with van der Waals surface area (Å²) in [7, 11) is 0. The fourth-order valence-corrected chi connectivity index (χ4v) is 4.35. The van der Waals surface area contributed by atoms with Crippen molar-refractivity contribution in [1.82, 2.24) is 4.90 Å². The molecule has 4 rings (SSSR count). The van der Waals surface area contributed by atoms with Gasteiger partial charge in [0.25, 0.3) is 0 Å². The van der Waals surface area contributed by atoms with E-state index in [9.17, 15) is 0 Å². The zero-order valence-electron chi connectivity index (χ0n) is 18.1. The maximum atomic E-state index is 6.24. The molecule has 0 aromatic heterocycles. The Labute approximate surface area is 176 Å². The van der Waals surface area contributed by atoms with Crippen LogP contribution < -0.4 is 4.90 Å². The summed E-state index contributed by atoms with van der Waals surface area (Å²) in [5, 5.41) is 0. The normalized spacial score (nSPS) is 17.7. The summed E-state index contributed by atoms with van der Waals surface area (Å²) >= 11 is 0. The fourth-order valence-electron chi connectivity index (χ4n) is 4.35. The van der Waals surface area contributed by atoms with Crippen molar-refractivity contribution < 1.29 is 4.74 Å². The van der Waals surface area contributed by atoms with E-state index in [0.717, 1.165) is 19.8 Å². The molecule has 1 saturated heterocycles. The minimum absolute atomic E-state index is 0.196. The van der Waals surface area contributed by atoms with Gasteiger partial charge in [-0.15, -0.1) is 0 Å². The standard InChI is InChI=1S/C26H34N2O/c1-26(2,3)20-29-19-23(27-16-8-9-17-27)18-28-24-12-6-4-10-21(24)14-15-22-11-5-7-13-25(22)28/h4-7,10-15,23H,8-9,16-20H2,1-3H3. The van der Waals surface area contributed by atoms with Crippen LogP contribution in [0.15, 0.2) is 48.5 Å². The Balaban J connectivity index is 1.63. The van der Waals surface area contributed by atoms with E-state index in [0.29, 0.717) is 6.04 Å². The van der Waals surface area contributed by atoms with Gasteiger partial charge in [0.2, 0.25) is 0 Å². The molecule has 0 bridgehead atoms. The first kappa shape index (κ1) is 20.2. The van der Waals surface area contributed by atoms with E-state index in [1.165, 1.54) is 48.4 Å². The van der Waals surface area contributed by atoms with E-state index in [1.54, 1.807) is 0 Å². The van der Waals surface area contributed by atoms with Gasteiger partial charge in [0.15, 0.2) is 0 Å². The van der Waals surface area contributed by atoms with Gasteiger partial charge in [0.1, 0.15) is 0 Å². The Morgan fingerprint density at radius 3 is 1.97 bits per heavy atom. The van der Waals surface area contributed by atoms with Gasteiger partial charge in [-0.25, -0.2) is 0 Å². The summed E-state index contributed by atoms with van der Waals surface area (Å²) in [6.45, 7) is 11.6. The highest BCUT2D eigenvalue weighted by Gasteiger charge is 2.27. The third-order valence-electron chi connectivity index (χ3n) is 5.79. The van der Waals surface area contributed by atoms with Crippen molar-refractivity contribution in [3.63, 3.8) is 0 Å². The van der Waals surface area contributed by atoms with Crippen molar-refractivity contribution in [3.05, 3.63) is 59.7 Å². The minimum Gasteiger partial charge on any atom is -0.379 e. The molecule has 0 amide bonds. The van der Waals surface area contributed by atoms with Crippen molar-refractivity contribution in [1.29, 1.82) is 0 Å². The lowest BCUT2D eigenvalue weighted by Crippen LogP contribution is -2.45. The summed E-state index contributed by atoms with van der Waals surface area (Å²) in [5.74, 6) is 0. The number of rotatable bonds is 6. The lowest BCUT2D eigenvalue weighted by molar-refractivity contribution is 0.0325. The van der Waals surface area contributed by atoms with Crippen molar-refractivity contribution in [3.8, 4) is 0 Å². The van der Waals surface area contributed by atoms with Crippen LogP contribution in [-0.2, 0) is 4.74 Å². The molecule has 0 spiro atoms. The van der Waals surface area contributed by atoms with Crippen LogP contribution in [0.25, 0.3) is 12.2 Å². The summed E-state index contributed by atoms with van der Waals surface area (Å²) in [4.78, 5) is 5.14. The Kier molecular flexibility index (Phi) is 6.07. The molecule has 1 fully saturated rings. The molecule has 0 N–H and O–H groups in total. The van der Waals surface area contributed by atoms with Gasteiger partial charge in [0, 0.05) is 17.9 Å². The lowest BCUT2D eigenvalue weighted by Gasteiger charge is -2.35. The molecule has 1 unspecified atom stereocenters. The van der Waals surface area contributed by atoms with Gasteiger partial charge in [-0.2, -0.15) is 0 Å². The maximum absolute atomic E-state index is 6.24. The van der Waals surface area contributed by atoms with Crippen LogP contribution in [0, 0.1) is 5.41 Å². The Bertz CT molecular complexity index is 796. The summed E-state index contributed by atoms with van der Waals surface area (Å²) < 4.78 is 6.24. The third-order valence-corrected chi connectivity index (χ3v) is 5.79. The number of fused-ring (bicyclic) bond motifs is 2. The highest BCUT2D eigenvalue weighted by Crippen LogP contribution is 2.36. The van der Waals surface area contributed by atoms with Gasteiger partial charge < -0.3 is 9.64 Å². The van der Waals surface area contributed by atoms with Crippen molar-refractivity contribution in [2.45, 2.75) is 39.7 Å². The van der Waals surface area contributed by atoms with Gasteiger partial charge in [-0.05, 0) is 54.6 Å². The van der Waals surface area contributed by atoms with Crippen LogP contribution in [0.5, 0.6) is 0 Å². The highest BCUT2D eigenvalue weighted by molar-refractivity contribution is 5.88. The number of anilines is 2. The SMILES string of the molecule is CC(C)(C)COCC(CN1c2ccccc2C=Cc2ccccc21)N1CCCC1. The van der Waals surface area contributed by atoms with Crippen molar-refractivity contribution in [2.24, 2.45) is 5.41 Å². The van der Waals surface area contributed by atoms with E-state index in [1.807, 2.05) is 0 Å². The monoisotopic (exact) mass is 390 g/mol. The minimum atomic E-state index is 0.196. The van der Waals surface area contributed by atoms with E-state index in [2.05, 4.69) is 91.3 Å². The topological polar surface area (TPSA) is 15.7 Å². The van der Waals surface area contributed by atoms with Crippen LogP contribution in [0.1, 0.15) is 44.7 Å². The molecule has 3 heteroatoms. The summed E-state index contributed by atoms with van der Waals surface area (Å²) in [5.41, 5.74) is 5.32. The molecule has 0 aliphatic carbocycles. The van der Waals surface area contributed by atoms with Gasteiger partial charge >= 0.3 is 0 Å². The second-order valence-corrected chi connectivity index (χ2v) is 9.53. The first-order valence-corrected chi connectivity index (χ1v) is 11.0. The highest BCUT2D eigenvalue weighted by atomic mass is 16.5. The van der Waals surface area contributed by atoms with Crippen molar-refractivity contribution in [2.75, 3.05) is 37.7 Å². The lowest BCUT2D eigenvalue weighted by atomic mass is 9.99. The summed E-state index contributed by atoms with van der Waals surface area (Å²) in [6, 6.07) is 17.9. The molecule has 1 atom stereocenters. The zero-order chi connectivity index (χ0) is 20.3. The van der Waals surface area contributed by atoms with E-state index in [-0.39, 0.29) is 5.41 Å². The Hall–Kier alpha value is -2.10. The first-order valence-electron chi connectivity index (χ1n) is 11.0. The van der Waals surface area contributed by atoms with E-state index in [4.69, 9.17) is 4.74 Å². The average Bonchev–Trinajstić information content (AvgIpc) is 3.18. The molecule has 29 heavy (non-hydrogen) atoms. The molecular weight excluding hydrogens is 356 g/mol. The number of para-hydroxylation sites is 2.